The van der Waals surface area contributed by atoms with Gasteiger partial charge in [0.15, 0.2) is 0 Å². The van der Waals surface area contributed by atoms with E-state index >= 15 is 0 Å². The van der Waals surface area contributed by atoms with Crippen LogP contribution in [0.5, 0.6) is 5.75 Å². The molecule has 0 fully saturated rings. The lowest BCUT2D eigenvalue weighted by atomic mass is 10.1. The molecule has 2 heterocycles. The number of benzene rings is 3. The van der Waals surface area contributed by atoms with Crippen molar-refractivity contribution in [1.82, 2.24) is 9.38 Å². The molecular weight excluding hydrogens is 464 g/mol. The smallest absolute Gasteiger partial charge is 0.256 e. The third kappa shape index (κ3) is 5.36. The number of ether oxygens (including phenoxy) is 1. The molecule has 5 aromatic rings. The van der Waals surface area contributed by atoms with Gasteiger partial charge in [-0.2, -0.15) is 0 Å². The van der Waals surface area contributed by atoms with Crippen molar-refractivity contribution in [1.29, 1.82) is 0 Å². The number of anilines is 2. The first-order valence-corrected chi connectivity index (χ1v) is 11.9. The van der Waals surface area contributed by atoms with Gasteiger partial charge in [-0.3, -0.25) is 9.59 Å². The molecule has 0 saturated carbocycles. The van der Waals surface area contributed by atoms with Crippen LogP contribution in [0.25, 0.3) is 5.65 Å². The Balaban J connectivity index is 1.22. The molecule has 3 aromatic carbocycles. The van der Waals surface area contributed by atoms with Crippen LogP contribution in [0, 0.1) is 13.8 Å². The standard InChI is InChI=1S/C30H26N4O3/c1-20-8-7-17-34-18-24(31-28(20)34)19-37-25-15-13-22(14-16-25)29(35)33-27-12-6-11-26(21(27)2)30(36)32-23-9-4-3-5-10-23/h3-18H,19H2,1-2H3,(H,32,36)(H,33,35). The fraction of sp³-hybridized carbons (Fsp3) is 0.100. The predicted octanol–water partition coefficient (Wildman–Crippen LogP) is 6.03. The minimum atomic E-state index is -0.272. The van der Waals surface area contributed by atoms with Gasteiger partial charge < -0.3 is 19.8 Å². The number of nitrogens with one attached hydrogen (secondary N) is 2. The highest BCUT2D eigenvalue weighted by Crippen LogP contribution is 2.22. The number of fused-ring (bicyclic) bond motifs is 1. The van der Waals surface area contributed by atoms with Gasteiger partial charge in [0, 0.05) is 34.9 Å². The fourth-order valence-corrected chi connectivity index (χ4v) is 4.07. The van der Waals surface area contributed by atoms with Crippen LogP contribution in [0.2, 0.25) is 0 Å². The largest absolute Gasteiger partial charge is 0.487 e. The summed E-state index contributed by atoms with van der Waals surface area (Å²) in [6, 6.07) is 25.4. The summed E-state index contributed by atoms with van der Waals surface area (Å²) in [7, 11) is 0. The highest BCUT2D eigenvalue weighted by Gasteiger charge is 2.14. The summed E-state index contributed by atoms with van der Waals surface area (Å²) < 4.78 is 7.85. The second-order valence-corrected chi connectivity index (χ2v) is 8.72. The SMILES string of the molecule is Cc1c(NC(=O)c2ccc(OCc3cn4cccc(C)c4n3)cc2)cccc1C(=O)Nc1ccccc1. The first-order chi connectivity index (χ1) is 18.0. The van der Waals surface area contributed by atoms with Crippen LogP contribution in [0.1, 0.15) is 37.5 Å². The molecule has 0 aliphatic heterocycles. The summed E-state index contributed by atoms with van der Waals surface area (Å²) in [6.45, 7) is 4.16. The summed E-state index contributed by atoms with van der Waals surface area (Å²) in [5.41, 5.74) is 5.77. The van der Waals surface area contributed by atoms with E-state index in [1.165, 1.54) is 0 Å². The second kappa shape index (κ2) is 10.4. The minimum absolute atomic E-state index is 0.234. The molecule has 184 valence electrons. The Morgan fingerprint density at radius 2 is 1.62 bits per heavy atom. The third-order valence-electron chi connectivity index (χ3n) is 6.09. The van der Waals surface area contributed by atoms with Crippen molar-refractivity contribution >= 4 is 28.8 Å². The van der Waals surface area contributed by atoms with E-state index < -0.39 is 0 Å². The molecule has 2 aromatic heterocycles. The van der Waals surface area contributed by atoms with Crippen LogP contribution < -0.4 is 15.4 Å². The van der Waals surface area contributed by atoms with Gasteiger partial charge in [0.05, 0.1) is 5.69 Å². The van der Waals surface area contributed by atoms with Crippen LogP contribution in [-0.2, 0) is 6.61 Å². The molecule has 0 unspecified atom stereocenters. The molecular formula is C30H26N4O3. The predicted molar refractivity (Wildman–Crippen MR) is 144 cm³/mol. The molecule has 7 nitrogen and oxygen atoms in total. The van der Waals surface area contributed by atoms with Crippen LogP contribution in [0.15, 0.2) is 97.3 Å². The normalized spacial score (nSPS) is 10.8. The number of carbonyl (C=O) groups excluding carboxylic acids is 2. The molecule has 0 spiro atoms. The molecule has 7 heteroatoms. The van der Waals surface area contributed by atoms with Crippen molar-refractivity contribution in [3.63, 3.8) is 0 Å². The topological polar surface area (TPSA) is 84.7 Å². The minimum Gasteiger partial charge on any atom is -0.487 e. The molecule has 0 saturated heterocycles. The monoisotopic (exact) mass is 490 g/mol. The van der Waals surface area contributed by atoms with Crippen molar-refractivity contribution in [2.75, 3.05) is 10.6 Å². The van der Waals surface area contributed by atoms with Gasteiger partial charge in [-0.25, -0.2) is 4.98 Å². The molecule has 0 aliphatic rings. The number of imidazole rings is 1. The summed E-state index contributed by atoms with van der Waals surface area (Å²) in [6.07, 6.45) is 3.90. The Kier molecular flexibility index (Phi) is 6.68. The van der Waals surface area contributed by atoms with E-state index in [0.717, 1.165) is 16.9 Å². The first kappa shape index (κ1) is 23.8. The molecule has 5 rings (SSSR count). The van der Waals surface area contributed by atoms with Crippen molar-refractivity contribution in [3.05, 3.63) is 125 Å². The number of carbonyl (C=O) groups is 2. The van der Waals surface area contributed by atoms with Crippen LogP contribution in [-0.4, -0.2) is 21.2 Å². The molecule has 0 radical (unpaired) electrons. The molecule has 2 amide bonds. The number of para-hydroxylation sites is 1. The molecule has 0 aliphatic carbocycles. The number of hydrogen-bond donors (Lipinski definition) is 2. The summed E-state index contributed by atoms with van der Waals surface area (Å²) >= 11 is 0. The lowest BCUT2D eigenvalue weighted by molar-refractivity contribution is 0.101. The van der Waals surface area contributed by atoms with Gasteiger partial charge in [-0.05, 0) is 79.6 Å². The van der Waals surface area contributed by atoms with E-state index in [4.69, 9.17) is 4.74 Å². The quantitative estimate of drug-likeness (QED) is 0.292. The van der Waals surface area contributed by atoms with Crippen LogP contribution >= 0.6 is 0 Å². The maximum absolute atomic E-state index is 12.9. The second-order valence-electron chi connectivity index (χ2n) is 8.72. The molecule has 0 bridgehead atoms. The zero-order valence-electron chi connectivity index (χ0n) is 20.6. The van der Waals surface area contributed by atoms with E-state index in [1.807, 2.05) is 73.1 Å². The van der Waals surface area contributed by atoms with Crippen molar-refractivity contribution in [2.24, 2.45) is 0 Å². The number of nitrogens with zero attached hydrogens (tertiary/aromatic N) is 2. The van der Waals surface area contributed by atoms with E-state index in [-0.39, 0.29) is 11.8 Å². The molecule has 2 N–H and O–H groups in total. The Bertz CT molecular complexity index is 1570. The van der Waals surface area contributed by atoms with Crippen molar-refractivity contribution in [3.8, 4) is 5.75 Å². The van der Waals surface area contributed by atoms with Gasteiger partial charge in [0.1, 0.15) is 18.0 Å². The average Bonchev–Trinajstić information content (AvgIpc) is 3.34. The first-order valence-electron chi connectivity index (χ1n) is 11.9. The number of aryl methyl sites for hydroxylation is 1. The van der Waals surface area contributed by atoms with Gasteiger partial charge in [0.2, 0.25) is 0 Å². The Labute approximate surface area is 214 Å². The van der Waals surface area contributed by atoms with Crippen LogP contribution in [0.4, 0.5) is 11.4 Å². The van der Waals surface area contributed by atoms with Crippen molar-refractivity contribution in [2.45, 2.75) is 20.5 Å². The van der Waals surface area contributed by atoms with Crippen molar-refractivity contribution < 1.29 is 14.3 Å². The van der Waals surface area contributed by atoms with E-state index in [9.17, 15) is 9.59 Å². The lowest BCUT2D eigenvalue weighted by Gasteiger charge is -2.13. The van der Waals surface area contributed by atoms with Gasteiger partial charge in [-0.15, -0.1) is 0 Å². The molecule has 0 atom stereocenters. The zero-order valence-corrected chi connectivity index (χ0v) is 20.6. The zero-order chi connectivity index (χ0) is 25.8. The highest BCUT2D eigenvalue weighted by molar-refractivity contribution is 6.08. The average molecular weight is 491 g/mol. The van der Waals surface area contributed by atoms with E-state index in [2.05, 4.69) is 15.6 Å². The number of rotatable bonds is 7. The Hall–Kier alpha value is -4.91. The van der Waals surface area contributed by atoms with Gasteiger partial charge >= 0.3 is 0 Å². The summed E-state index contributed by atoms with van der Waals surface area (Å²) in [5.74, 6) is 0.134. The Morgan fingerprint density at radius 3 is 2.38 bits per heavy atom. The number of hydrogen-bond acceptors (Lipinski definition) is 4. The maximum atomic E-state index is 12.9. The highest BCUT2D eigenvalue weighted by atomic mass is 16.5. The summed E-state index contributed by atoms with van der Waals surface area (Å²) in [5, 5.41) is 5.79. The number of amides is 2. The fourth-order valence-electron chi connectivity index (χ4n) is 4.07. The number of aromatic nitrogens is 2. The van der Waals surface area contributed by atoms with E-state index in [0.29, 0.717) is 40.4 Å². The maximum Gasteiger partial charge on any atom is 0.256 e. The van der Waals surface area contributed by atoms with Crippen LogP contribution in [0.3, 0.4) is 0 Å². The van der Waals surface area contributed by atoms with E-state index in [1.54, 1.807) is 42.5 Å². The Morgan fingerprint density at radius 1 is 0.838 bits per heavy atom. The lowest BCUT2D eigenvalue weighted by Crippen LogP contribution is -2.17. The number of pyridine rings is 1. The third-order valence-corrected chi connectivity index (χ3v) is 6.09. The van der Waals surface area contributed by atoms with Gasteiger partial charge in [0.25, 0.3) is 11.8 Å². The summed E-state index contributed by atoms with van der Waals surface area (Å²) in [4.78, 5) is 30.3. The molecule has 37 heavy (non-hydrogen) atoms. The van der Waals surface area contributed by atoms with Gasteiger partial charge in [-0.1, -0.05) is 30.3 Å².